The Morgan fingerprint density at radius 1 is 0.500 bits per heavy atom. The standard InChI is InChI=1S/C47H50N4O/c1-31-27-45(50-23-7-5-8-24-50)41-21-19-39(29-43(41)48-31)37-15-11-35(12-16-37)33(3)47(52)34(4)36-13-17-38(18-14-36)40-20-22-42-44(30-40)49-32(2)28-46(42)51-25-9-6-10-26-51/h11-22,27-30,33-34H,5-10,23-26H2,1-4H3. The first kappa shape index (κ1) is 34.1. The van der Waals surface area contributed by atoms with Crippen LogP contribution in [0, 0.1) is 13.8 Å². The van der Waals surface area contributed by atoms with E-state index in [2.05, 4.69) is 121 Å². The van der Waals surface area contributed by atoms with Crippen LogP contribution < -0.4 is 9.80 Å². The SMILES string of the molecule is Cc1cc(N2CCCCC2)c2ccc(-c3ccc(C(C)C(=O)C(C)c4ccc(-c5ccc6c(N7CCCCC7)cc(C)nc6c5)cc4)cc3)cc2n1. The number of carbonyl (C=O) groups is 1. The predicted octanol–water partition coefficient (Wildman–Crippen LogP) is 11.2. The van der Waals surface area contributed by atoms with E-state index in [4.69, 9.17) is 9.97 Å². The molecular weight excluding hydrogens is 637 g/mol. The molecule has 0 spiro atoms. The van der Waals surface area contributed by atoms with E-state index in [9.17, 15) is 4.79 Å². The van der Waals surface area contributed by atoms with Gasteiger partial charge in [0.15, 0.2) is 0 Å². The maximum atomic E-state index is 13.8. The number of rotatable bonds is 8. The van der Waals surface area contributed by atoms with Gasteiger partial charge < -0.3 is 9.80 Å². The van der Waals surface area contributed by atoms with Crippen molar-refractivity contribution in [2.75, 3.05) is 36.0 Å². The van der Waals surface area contributed by atoms with E-state index in [1.165, 1.54) is 60.7 Å². The van der Waals surface area contributed by atoms with Crippen LogP contribution in [-0.2, 0) is 4.79 Å². The summed E-state index contributed by atoms with van der Waals surface area (Å²) in [5.74, 6) is -0.187. The van der Waals surface area contributed by atoms with Crippen molar-refractivity contribution >= 4 is 39.0 Å². The fourth-order valence-electron chi connectivity index (χ4n) is 8.46. The van der Waals surface area contributed by atoms with Gasteiger partial charge in [-0.3, -0.25) is 14.8 Å². The lowest BCUT2D eigenvalue weighted by Gasteiger charge is -2.30. The number of benzene rings is 4. The number of aryl methyl sites for hydroxylation is 2. The minimum atomic E-state index is -0.208. The van der Waals surface area contributed by atoms with Gasteiger partial charge in [0.25, 0.3) is 0 Å². The second-order valence-electron chi connectivity index (χ2n) is 15.2. The molecule has 2 saturated heterocycles. The Morgan fingerprint density at radius 3 is 1.25 bits per heavy atom. The fraction of sp³-hybridized carbons (Fsp3) is 0.340. The molecule has 0 radical (unpaired) electrons. The molecule has 2 atom stereocenters. The molecule has 2 aromatic heterocycles. The molecule has 5 nitrogen and oxygen atoms in total. The lowest BCUT2D eigenvalue weighted by Crippen LogP contribution is -2.29. The quantitative estimate of drug-likeness (QED) is 0.159. The number of fused-ring (bicyclic) bond motifs is 2. The molecule has 52 heavy (non-hydrogen) atoms. The Hall–Kier alpha value is -5.03. The summed E-state index contributed by atoms with van der Waals surface area (Å²) in [6.07, 6.45) is 7.65. The summed E-state index contributed by atoms with van der Waals surface area (Å²) >= 11 is 0. The van der Waals surface area contributed by atoms with Crippen LogP contribution in [0.4, 0.5) is 11.4 Å². The van der Waals surface area contributed by atoms with Crippen molar-refractivity contribution < 1.29 is 4.79 Å². The van der Waals surface area contributed by atoms with Crippen molar-refractivity contribution in [2.24, 2.45) is 0 Å². The molecule has 0 bridgehead atoms. The zero-order valence-electron chi connectivity index (χ0n) is 31.2. The number of hydrogen-bond donors (Lipinski definition) is 0. The number of anilines is 2. The summed E-state index contributed by atoms with van der Waals surface area (Å²) in [5, 5.41) is 2.44. The summed E-state index contributed by atoms with van der Waals surface area (Å²) in [4.78, 5) is 28.7. The number of carbonyl (C=O) groups excluding carboxylic acids is 1. The molecule has 0 N–H and O–H groups in total. The Morgan fingerprint density at radius 2 is 0.865 bits per heavy atom. The zero-order chi connectivity index (χ0) is 35.8. The predicted molar refractivity (Wildman–Crippen MR) is 218 cm³/mol. The number of ketones is 1. The monoisotopic (exact) mass is 686 g/mol. The van der Waals surface area contributed by atoms with Crippen molar-refractivity contribution in [2.45, 2.75) is 78.1 Å². The number of nitrogens with zero attached hydrogens (tertiary/aromatic N) is 4. The maximum absolute atomic E-state index is 13.8. The molecule has 2 aliphatic heterocycles. The van der Waals surface area contributed by atoms with Gasteiger partial charge in [-0.2, -0.15) is 0 Å². The molecule has 2 unspecified atom stereocenters. The van der Waals surface area contributed by atoms with Gasteiger partial charge in [0.1, 0.15) is 5.78 Å². The summed E-state index contributed by atoms with van der Waals surface area (Å²) < 4.78 is 0. The Labute approximate surface area is 308 Å². The highest BCUT2D eigenvalue weighted by atomic mass is 16.1. The molecule has 4 heterocycles. The maximum Gasteiger partial charge on any atom is 0.147 e. The highest BCUT2D eigenvalue weighted by Crippen LogP contribution is 2.35. The molecule has 4 aromatic carbocycles. The molecule has 0 aliphatic carbocycles. The molecule has 6 aromatic rings. The van der Waals surface area contributed by atoms with Crippen molar-refractivity contribution in [3.63, 3.8) is 0 Å². The first-order valence-corrected chi connectivity index (χ1v) is 19.4. The van der Waals surface area contributed by atoms with E-state index >= 15 is 0 Å². The minimum Gasteiger partial charge on any atom is -0.371 e. The number of pyridine rings is 2. The van der Waals surface area contributed by atoms with Crippen LogP contribution in [0.15, 0.2) is 97.1 Å². The molecule has 264 valence electrons. The molecule has 5 heteroatoms. The summed E-state index contributed by atoms with van der Waals surface area (Å²) in [7, 11) is 0. The minimum absolute atomic E-state index is 0.208. The van der Waals surface area contributed by atoms with E-state index in [1.807, 2.05) is 13.8 Å². The number of aromatic nitrogens is 2. The summed E-state index contributed by atoms with van der Waals surface area (Å²) in [5.41, 5.74) is 13.5. The van der Waals surface area contributed by atoms with Gasteiger partial charge in [0.2, 0.25) is 0 Å². The number of hydrogen-bond acceptors (Lipinski definition) is 5. The largest absolute Gasteiger partial charge is 0.371 e. The normalized spacial score (nSPS) is 16.3. The lowest BCUT2D eigenvalue weighted by atomic mass is 9.85. The van der Waals surface area contributed by atoms with Gasteiger partial charge in [-0.1, -0.05) is 86.6 Å². The van der Waals surface area contributed by atoms with Crippen molar-refractivity contribution in [1.29, 1.82) is 0 Å². The van der Waals surface area contributed by atoms with Crippen molar-refractivity contribution in [3.05, 3.63) is 120 Å². The van der Waals surface area contributed by atoms with E-state index in [1.54, 1.807) is 0 Å². The Bertz CT molecular complexity index is 2070. The summed E-state index contributed by atoms with van der Waals surface area (Å²) in [6, 6.07) is 34.9. The fourth-order valence-corrected chi connectivity index (χ4v) is 8.46. The molecule has 0 saturated carbocycles. The first-order chi connectivity index (χ1) is 25.3. The summed E-state index contributed by atoms with van der Waals surface area (Å²) in [6.45, 7) is 12.7. The van der Waals surface area contributed by atoms with Gasteiger partial charge in [-0.05, 0) is 110 Å². The van der Waals surface area contributed by atoms with Crippen LogP contribution >= 0.6 is 0 Å². The van der Waals surface area contributed by atoms with Gasteiger partial charge in [0.05, 0.1) is 11.0 Å². The van der Waals surface area contributed by atoms with Gasteiger partial charge in [-0.25, -0.2) is 0 Å². The smallest absolute Gasteiger partial charge is 0.147 e. The van der Waals surface area contributed by atoms with Crippen molar-refractivity contribution in [3.8, 4) is 22.3 Å². The van der Waals surface area contributed by atoms with Crippen LogP contribution in [0.1, 0.15) is 86.7 Å². The number of piperidine rings is 2. The highest BCUT2D eigenvalue weighted by molar-refractivity contribution is 5.96. The zero-order valence-corrected chi connectivity index (χ0v) is 31.2. The second kappa shape index (κ2) is 14.5. The first-order valence-electron chi connectivity index (χ1n) is 19.4. The van der Waals surface area contributed by atoms with Gasteiger partial charge in [-0.15, -0.1) is 0 Å². The van der Waals surface area contributed by atoms with Gasteiger partial charge in [0, 0.05) is 71.5 Å². The topological polar surface area (TPSA) is 49.3 Å². The van der Waals surface area contributed by atoms with Gasteiger partial charge >= 0.3 is 0 Å². The lowest BCUT2D eigenvalue weighted by molar-refractivity contribution is -0.121. The molecule has 8 rings (SSSR count). The second-order valence-corrected chi connectivity index (χ2v) is 15.2. The van der Waals surface area contributed by atoms with Crippen molar-refractivity contribution in [1.82, 2.24) is 9.97 Å². The third-order valence-corrected chi connectivity index (χ3v) is 11.6. The van der Waals surface area contributed by atoms with E-state index < -0.39 is 0 Å². The average Bonchev–Trinajstić information content (AvgIpc) is 3.19. The van der Waals surface area contributed by atoms with Crippen LogP contribution in [-0.4, -0.2) is 41.9 Å². The van der Waals surface area contributed by atoms with E-state index in [0.29, 0.717) is 0 Å². The third-order valence-electron chi connectivity index (χ3n) is 11.6. The van der Waals surface area contributed by atoms with Crippen LogP contribution in [0.25, 0.3) is 44.1 Å². The van der Waals surface area contributed by atoms with Crippen LogP contribution in [0.2, 0.25) is 0 Å². The third kappa shape index (κ3) is 6.81. The van der Waals surface area contributed by atoms with E-state index in [0.717, 1.165) is 82.0 Å². The molecule has 2 fully saturated rings. The molecule has 2 aliphatic rings. The Kier molecular flexibility index (Phi) is 9.53. The van der Waals surface area contributed by atoms with E-state index in [-0.39, 0.29) is 17.6 Å². The average molecular weight is 687 g/mol. The number of Topliss-reactive ketones (excluding diaryl/α,β-unsaturated/α-hetero) is 1. The Balaban J connectivity index is 0.965. The van der Waals surface area contributed by atoms with Crippen LogP contribution in [0.3, 0.4) is 0 Å². The molecular formula is C47H50N4O. The molecule has 0 amide bonds. The van der Waals surface area contributed by atoms with Crippen LogP contribution in [0.5, 0.6) is 0 Å². The highest BCUT2D eigenvalue weighted by Gasteiger charge is 2.23.